The molecular formula is C31H24ClF6N3O3S. The SMILES string of the molecule is C=C(C(=O)NCc1cc(-c2ccc(C(F)(F)F)cc2)nc(-c2ccc(C(F)(F)F)cc2)c1)N(CC)S(=O)(=O)c1ccc(Cl)cc1. The predicted octanol–water partition coefficient (Wildman–Crippen LogP) is 7.95. The van der Waals surface area contributed by atoms with Crippen LogP contribution in [0.15, 0.2) is 102 Å². The molecule has 0 aliphatic rings. The van der Waals surface area contributed by atoms with Gasteiger partial charge in [-0.3, -0.25) is 9.10 Å². The summed E-state index contributed by atoms with van der Waals surface area (Å²) in [4.78, 5) is 17.4. The number of carbonyl (C=O) groups excluding carboxylic acids is 1. The van der Waals surface area contributed by atoms with E-state index in [1.807, 2.05) is 0 Å². The van der Waals surface area contributed by atoms with Crippen molar-refractivity contribution in [3.8, 4) is 22.5 Å². The van der Waals surface area contributed by atoms with E-state index in [-0.39, 0.29) is 46.2 Å². The van der Waals surface area contributed by atoms with Gasteiger partial charge in [-0.2, -0.15) is 26.3 Å². The Morgan fingerprint density at radius 3 is 1.67 bits per heavy atom. The smallest absolute Gasteiger partial charge is 0.347 e. The highest BCUT2D eigenvalue weighted by molar-refractivity contribution is 7.89. The summed E-state index contributed by atoms with van der Waals surface area (Å²) in [6.45, 7) is 4.83. The Morgan fingerprint density at radius 1 is 0.822 bits per heavy atom. The molecule has 1 aromatic heterocycles. The molecule has 0 aliphatic carbocycles. The average molecular weight is 668 g/mol. The third-order valence-corrected chi connectivity index (χ3v) is 8.78. The van der Waals surface area contributed by atoms with Gasteiger partial charge in [-0.15, -0.1) is 0 Å². The molecule has 0 aliphatic heterocycles. The third kappa shape index (κ3) is 7.84. The van der Waals surface area contributed by atoms with E-state index < -0.39 is 39.4 Å². The van der Waals surface area contributed by atoms with Crippen molar-refractivity contribution >= 4 is 27.5 Å². The largest absolute Gasteiger partial charge is 0.416 e. The number of hydrogen-bond acceptors (Lipinski definition) is 4. The minimum atomic E-state index is -4.57. The molecule has 3 aromatic carbocycles. The lowest BCUT2D eigenvalue weighted by atomic mass is 10.0. The summed E-state index contributed by atoms with van der Waals surface area (Å²) >= 11 is 5.85. The Bertz CT molecular complexity index is 1730. The molecule has 4 rings (SSSR count). The van der Waals surface area contributed by atoms with Gasteiger partial charge in [0.2, 0.25) is 0 Å². The second-order valence-electron chi connectivity index (χ2n) is 9.65. The summed E-state index contributed by atoms with van der Waals surface area (Å²) in [6.07, 6.45) is -9.14. The second-order valence-corrected chi connectivity index (χ2v) is 11.9. The lowest BCUT2D eigenvalue weighted by Gasteiger charge is -2.24. The topological polar surface area (TPSA) is 79.4 Å². The maximum Gasteiger partial charge on any atom is 0.416 e. The van der Waals surface area contributed by atoms with E-state index in [0.717, 1.165) is 28.6 Å². The number of nitrogens with one attached hydrogen (secondary N) is 1. The molecule has 0 radical (unpaired) electrons. The van der Waals surface area contributed by atoms with Gasteiger partial charge in [0.25, 0.3) is 15.9 Å². The fourth-order valence-electron chi connectivity index (χ4n) is 4.28. The van der Waals surface area contributed by atoms with Crippen LogP contribution in [0.3, 0.4) is 0 Å². The zero-order valence-corrected chi connectivity index (χ0v) is 24.9. The van der Waals surface area contributed by atoms with Gasteiger partial charge in [-0.1, -0.05) is 42.4 Å². The van der Waals surface area contributed by atoms with Gasteiger partial charge >= 0.3 is 12.4 Å². The number of nitrogens with zero attached hydrogens (tertiary/aromatic N) is 2. The van der Waals surface area contributed by atoms with Gasteiger partial charge in [-0.25, -0.2) is 13.4 Å². The van der Waals surface area contributed by atoms with E-state index in [1.165, 1.54) is 67.6 Å². The van der Waals surface area contributed by atoms with Crippen molar-refractivity contribution < 1.29 is 39.6 Å². The van der Waals surface area contributed by atoms with Gasteiger partial charge in [0.15, 0.2) is 0 Å². The molecule has 236 valence electrons. The van der Waals surface area contributed by atoms with Crippen LogP contribution >= 0.6 is 11.6 Å². The third-order valence-electron chi connectivity index (χ3n) is 6.61. The molecule has 4 aromatic rings. The maximum absolute atomic E-state index is 13.2. The first-order chi connectivity index (χ1) is 21.0. The van der Waals surface area contributed by atoms with E-state index in [9.17, 15) is 39.6 Å². The van der Waals surface area contributed by atoms with E-state index in [1.54, 1.807) is 0 Å². The normalized spacial score (nSPS) is 12.1. The van der Waals surface area contributed by atoms with Crippen LogP contribution in [0.5, 0.6) is 0 Å². The van der Waals surface area contributed by atoms with Crippen molar-refractivity contribution in [2.45, 2.75) is 30.7 Å². The maximum atomic E-state index is 13.2. The van der Waals surface area contributed by atoms with Gasteiger partial charge in [0.05, 0.1) is 27.4 Å². The summed E-state index contributed by atoms with van der Waals surface area (Å²) in [5.74, 6) is -0.835. The number of rotatable bonds is 9. The fourth-order valence-corrected chi connectivity index (χ4v) is 5.86. The number of halogens is 7. The summed E-state index contributed by atoms with van der Waals surface area (Å²) in [7, 11) is -4.16. The Labute approximate surface area is 260 Å². The van der Waals surface area contributed by atoms with Crippen LogP contribution < -0.4 is 5.32 Å². The molecule has 6 nitrogen and oxygen atoms in total. The molecule has 0 saturated carbocycles. The first-order valence-electron chi connectivity index (χ1n) is 13.1. The van der Waals surface area contributed by atoms with Crippen LogP contribution in [0.1, 0.15) is 23.6 Å². The monoisotopic (exact) mass is 667 g/mol. The zero-order valence-electron chi connectivity index (χ0n) is 23.4. The molecule has 0 unspecified atom stereocenters. The van der Waals surface area contributed by atoms with Gasteiger partial charge in [-0.05, 0) is 73.2 Å². The van der Waals surface area contributed by atoms with E-state index in [2.05, 4.69) is 16.9 Å². The number of likely N-dealkylation sites (N-methyl/N-ethyl adjacent to an activating group) is 1. The summed E-state index contributed by atoms with van der Waals surface area (Å²) in [5, 5.41) is 2.89. The molecule has 1 N–H and O–H groups in total. The molecule has 45 heavy (non-hydrogen) atoms. The quantitative estimate of drug-likeness (QED) is 0.145. The first kappa shape index (κ1) is 33.5. The minimum Gasteiger partial charge on any atom is -0.347 e. The predicted molar refractivity (Wildman–Crippen MR) is 157 cm³/mol. The molecule has 14 heteroatoms. The van der Waals surface area contributed by atoms with Crippen molar-refractivity contribution in [2.75, 3.05) is 6.54 Å². The molecular weight excluding hydrogens is 644 g/mol. The van der Waals surface area contributed by atoms with Crippen molar-refractivity contribution in [3.63, 3.8) is 0 Å². The number of carbonyl (C=O) groups is 1. The highest BCUT2D eigenvalue weighted by Crippen LogP contribution is 2.33. The molecule has 0 fully saturated rings. The fraction of sp³-hybridized carbons (Fsp3) is 0.161. The van der Waals surface area contributed by atoms with Crippen molar-refractivity contribution in [2.24, 2.45) is 0 Å². The Hall–Kier alpha value is -4.36. The van der Waals surface area contributed by atoms with Crippen LogP contribution in [-0.4, -0.2) is 30.2 Å². The van der Waals surface area contributed by atoms with E-state index in [4.69, 9.17) is 11.6 Å². The lowest BCUT2D eigenvalue weighted by Crippen LogP contribution is -2.38. The van der Waals surface area contributed by atoms with Crippen LogP contribution in [0, 0.1) is 0 Å². The number of sulfonamides is 1. The van der Waals surface area contributed by atoms with Crippen molar-refractivity contribution in [1.29, 1.82) is 0 Å². The molecule has 1 heterocycles. The molecule has 0 saturated heterocycles. The number of aromatic nitrogens is 1. The van der Waals surface area contributed by atoms with E-state index >= 15 is 0 Å². The van der Waals surface area contributed by atoms with Crippen LogP contribution in [0.2, 0.25) is 5.02 Å². The average Bonchev–Trinajstić information content (AvgIpc) is 2.99. The summed E-state index contributed by atoms with van der Waals surface area (Å²) < 4.78 is 106. The Balaban J connectivity index is 1.64. The Morgan fingerprint density at radius 2 is 1.27 bits per heavy atom. The molecule has 0 atom stereocenters. The second kappa shape index (κ2) is 12.9. The zero-order chi connectivity index (χ0) is 33.2. The van der Waals surface area contributed by atoms with Crippen LogP contribution in [-0.2, 0) is 33.7 Å². The first-order valence-corrected chi connectivity index (χ1v) is 14.9. The standard InChI is InChI=1S/C31H24ClF6N3O3S/c1-3-41(45(43,44)26-14-12-25(32)13-15-26)19(2)29(42)39-18-20-16-27(21-4-8-23(9-5-21)30(33,34)35)40-28(17-20)22-6-10-24(11-7-22)31(36,37)38/h4-17H,2-3,18H2,1H3,(H,39,42). The number of alkyl halides is 6. The van der Waals surface area contributed by atoms with Gasteiger partial charge in [0, 0.05) is 29.2 Å². The van der Waals surface area contributed by atoms with Crippen LogP contribution in [0.4, 0.5) is 26.3 Å². The molecule has 0 spiro atoms. The minimum absolute atomic E-state index is 0.112. The molecule has 1 amide bonds. The van der Waals surface area contributed by atoms with E-state index in [0.29, 0.717) is 10.6 Å². The lowest BCUT2D eigenvalue weighted by molar-refractivity contribution is -0.138. The molecule has 0 bridgehead atoms. The number of benzene rings is 3. The summed E-state index contributed by atoms with van der Waals surface area (Å²) in [6, 6.07) is 16.6. The number of pyridine rings is 1. The Kier molecular flexibility index (Phi) is 9.64. The number of hydrogen-bond donors (Lipinski definition) is 1. The highest BCUT2D eigenvalue weighted by Gasteiger charge is 2.31. The number of amides is 1. The van der Waals surface area contributed by atoms with Gasteiger partial charge in [0.1, 0.15) is 5.70 Å². The highest BCUT2D eigenvalue weighted by atomic mass is 35.5. The van der Waals surface area contributed by atoms with Crippen LogP contribution in [0.25, 0.3) is 22.5 Å². The van der Waals surface area contributed by atoms with Crippen molar-refractivity contribution in [1.82, 2.24) is 14.6 Å². The van der Waals surface area contributed by atoms with Gasteiger partial charge < -0.3 is 5.32 Å². The van der Waals surface area contributed by atoms with Crippen molar-refractivity contribution in [3.05, 3.63) is 119 Å². The summed E-state index contributed by atoms with van der Waals surface area (Å²) in [5.41, 5.74) is -0.850.